The van der Waals surface area contributed by atoms with Gasteiger partial charge in [-0.3, -0.25) is 4.99 Å². The SMILES string of the molecule is CN=C(NCCn1c(C)nc2ccccc21)NCc1nc(C(F)(F)F)cs1.I. The van der Waals surface area contributed by atoms with Gasteiger partial charge in [0.05, 0.1) is 17.6 Å². The fourth-order valence-corrected chi connectivity index (χ4v) is 3.41. The summed E-state index contributed by atoms with van der Waals surface area (Å²) >= 11 is 0.965. The second-order valence-electron chi connectivity index (χ2n) is 5.78. The summed E-state index contributed by atoms with van der Waals surface area (Å²) in [7, 11) is 1.61. The zero-order chi connectivity index (χ0) is 19.4. The van der Waals surface area contributed by atoms with E-state index in [9.17, 15) is 13.2 Å². The number of para-hydroxylation sites is 2. The average Bonchev–Trinajstić information content (AvgIpc) is 3.22. The minimum absolute atomic E-state index is 0. The van der Waals surface area contributed by atoms with E-state index in [1.54, 1.807) is 7.05 Å². The number of thiazole rings is 1. The molecule has 2 N–H and O–H groups in total. The predicted molar refractivity (Wildman–Crippen MR) is 115 cm³/mol. The molecule has 0 aliphatic carbocycles. The summed E-state index contributed by atoms with van der Waals surface area (Å²) in [5.74, 6) is 1.42. The highest BCUT2D eigenvalue weighted by molar-refractivity contribution is 14.0. The number of hydrogen-bond donors (Lipinski definition) is 2. The predicted octanol–water partition coefficient (Wildman–Crippen LogP) is 3.80. The average molecular weight is 524 g/mol. The summed E-state index contributed by atoms with van der Waals surface area (Å²) in [5.41, 5.74) is 1.14. The number of aromatic nitrogens is 3. The molecule has 0 unspecified atom stereocenters. The minimum Gasteiger partial charge on any atom is -0.355 e. The summed E-state index contributed by atoms with van der Waals surface area (Å²) in [5, 5.41) is 7.49. The Labute approximate surface area is 181 Å². The van der Waals surface area contributed by atoms with Gasteiger partial charge in [-0.05, 0) is 19.1 Å². The van der Waals surface area contributed by atoms with Crippen molar-refractivity contribution in [2.75, 3.05) is 13.6 Å². The van der Waals surface area contributed by atoms with E-state index >= 15 is 0 Å². The highest BCUT2D eigenvalue weighted by atomic mass is 127. The third kappa shape index (κ3) is 5.34. The molecular weight excluding hydrogens is 504 g/mol. The van der Waals surface area contributed by atoms with Crippen LogP contribution < -0.4 is 10.6 Å². The van der Waals surface area contributed by atoms with E-state index < -0.39 is 11.9 Å². The second kappa shape index (κ2) is 9.54. The Morgan fingerprint density at radius 3 is 2.64 bits per heavy atom. The zero-order valence-electron chi connectivity index (χ0n) is 15.2. The summed E-state index contributed by atoms with van der Waals surface area (Å²) in [6.07, 6.45) is -4.42. The van der Waals surface area contributed by atoms with E-state index in [0.717, 1.165) is 33.6 Å². The molecule has 6 nitrogen and oxygen atoms in total. The number of benzene rings is 1. The van der Waals surface area contributed by atoms with Gasteiger partial charge in [-0.2, -0.15) is 13.2 Å². The number of nitrogens with one attached hydrogen (secondary N) is 2. The van der Waals surface area contributed by atoms with Crippen molar-refractivity contribution in [3.05, 3.63) is 46.2 Å². The van der Waals surface area contributed by atoms with Crippen LogP contribution in [0.25, 0.3) is 11.0 Å². The van der Waals surface area contributed by atoms with Crippen molar-refractivity contribution in [3.8, 4) is 0 Å². The number of hydrogen-bond acceptors (Lipinski definition) is 4. The standard InChI is InChI=1S/C17H19F3N6S.HI/c1-11-24-12-5-3-4-6-13(12)26(11)8-7-22-16(21-2)23-9-15-25-14(10-27-15)17(18,19)20;/h3-6,10H,7-9H2,1-2H3,(H2,21,22,23);1H. The molecule has 0 spiro atoms. The van der Waals surface area contributed by atoms with Crippen LogP contribution in [0.1, 0.15) is 16.5 Å². The van der Waals surface area contributed by atoms with Crippen molar-refractivity contribution < 1.29 is 13.2 Å². The molecule has 11 heteroatoms. The van der Waals surface area contributed by atoms with Gasteiger partial charge in [0.15, 0.2) is 11.7 Å². The first-order valence-electron chi connectivity index (χ1n) is 8.26. The fourth-order valence-electron chi connectivity index (χ4n) is 2.67. The first-order chi connectivity index (χ1) is 12.9. The molecule has 0 fully saturated rings. The molecule has 0 saturated heterocycles. The largest absolute Gasteiger partial charge is 0.434 e. The molecule has 0 aliphatic rings. The van der Waals surface area contributed by atoms with Gasteiger partial charge in [-0.15, -0.1) is 35.3 Å². The number of rotatable bonds is 5. The Morgan fingerprint density at radius 2 is 1.96 bits per heavy atom. The fraction of sp³-hybridized carbons (Fsp3) is 0.353. The number of aliphatic imine (C=N–C) groups is 1. The maximum atomic E-state index is 12.6. The van der Waals surface area contributed by atoms with Crippen LogP contribution in [0.5, 0.6) is 0 Å². The molecule has 3 rings (SSSR count). The maximum Gasteiger partial charge on any atom is 0.434 e. The van der Waals surface area contributed by atoms with Gasteiger partial charge >= 0.3 is 6.18 Å². The van der Waals surface area contributed by atoms with E-state index in [1.807, 2.05) is 31.2 Å². The van der Waals surface area contributed by atoms with E-state index in [-0.39, 0.29) is 30.5 Å². The molecule has 0 saturated carbocycles. The number of halogens is 4. The molecule has 0 amide bonds. The number of imidazole rings is 1. The molecule has 152 valence electrons. The van der Waals surface area contributed by atoms with Gasteiger partial charge in [0.2, 0.25) is 0 Å². The molecule has 2 heterocycles. The van der Waals surface area contributed by atoms with Crippen LogP contribution in [0, 0.1) is 6.92 Å². The molecule has 1 aromatic carbocycles. The Kier molecular flexibility index (Phi) is 7.63. The monoisotopic (exact) mass is 524 g/mol. The number of fused-ring (bicyclic) bond motifs is 1. The van der Waals surface area contributed by atoms with Crippen molar-refractivity contribution in [3.63, 3.8) is 0 Å². The second-order valence-corrected chi connectivity index (χ2v) is 6.72. The lowest BCUT2D eigenvalue weighted by atomic mass is 10.3. The molecule has 0 radical (unpaired) electrons. The molecular formula is C17H20F3IN6S. The normalized spacial score (nSPS) is 12.1. The first-order valence-corrected chi connectivity index (χ1v) is 9.14. The van der Waals surface area contributed by atoms with Crippen molar-refractivity contribution in [1.29, 1.82) is 0 Å². The number of aryl methyl sites for hydroxylation is 1. The van der Waals surface area contributed by atoms with Crippen molar-refractivity contribution in [2.24, 2.45) is 4.99 Å². The Morgan fingerprint density at radius 1 is 1.21 bits per heavy atom. The van der Waals surface area contributed by atoms with Crippen LogP contribution in [0.4, 0.5) is 13.2 Å². The van der Waals surface area contributed by atoms with Gasteiger partial charge in [0.25, 0.3) is 0 Å². The van der Waals surface area contributed by atoms with Gasteiger partial charge < -0.3 is 15.2 Å². The van der Waals surface area contributed by atoms with Crippen LogP contribution in [0.3, 0.4) is 0 Å². The lowest BCUT2D eigenvalue weighted by Gasteiger charge is -2.12. The van der Waals surface area contributed by atoms with Crippen LogP contribution in [0.2, 0.25) is 0 Å². The summed E-state index contributed by atoms with van der Waals surface area (Å²) < 4.78 is 39.9. The van der Waals surface area contributed by atoms with Crippen molar-refractivity contribution in [2.45, 2.75) is 26.2 Å². The molecule has 0 atom stereocenters. The Balaban J connectivity index is 0.00000280. The minimum atomic E-state index is -4.42. The summed E-state index contributed by atoms with van der Waals surface area (Å²) in [6, 6.07) is 7.90. The third-order valence-electron chi connectivity index (χ3n) is 3.95. The lowest BCUT2D eigenvalue weighted by Crippen LogP contribution is -2.38. The van der Waals surface area contributed by atoms with Gasteiger partial charge in [-0.1, -0.05) is 12.1 Å². The van der Waals surface area contributed by atoms with Crippen LogP contribution >= 0.6 is 35.3 Å². The van der Waals surface area contributed by atoms with Gasteiger partial charge in [0.1, 0.15) is 10.8 Å². The highest BCUT2D eigenvalue weighted by Gasteiger charge is 2.33. The molecule has 3 aromatic rings. The topological polar surface area (TPSA) is 67.1 Å². The Hall–Kier alpha value is -1.89. The Bertz CT molecular complexity index is 950. The quantitative estimate of drug-likeness (QED) is 0.303. The molecule has 0 bridgehead atoms. The number of nitrogens with zero attached hydrogens (tertiary/aromatic N) is 4. The van der Waals surface area contributed by atoms with Gasteiger partial charge in [-0.25, -0.2) is 9.97 Å². The zero-order valence-corrected chi connectivity index (χ0v) is 18.4. The van der Waals surface area contributed by atoms with Crippen molar-refractivity contribution in [1.82, 2.24) is 25.2 Å². The molecule has 28 heavy (non-hydrogen) atoms. The number of guanidine groups is 1. The highest BCUT2D eigenvalue weighted by Crippen LogP contribution is 2.29. The van der Waals surface area contributed by atoms with Crippen LogP contribution in [-0.2, 0) is 19.3 Å². The maximum absolute atomic E-state index is 12.6. The van der Waals surface area contributed by atoms with E-state index in [4.69, 9.17) is 0 Å². The number of alkyl halides is 3. The van der Waals surface area contributed by atoms with Crippen LogP contribution in [0.15, 0.2) is 34.6 Å². The van der Waals surface area contributed by atoms with Gasteiger partial charge in [0, 0.05) is 25.5 Å². The van der Waals surface area contributed by atoms with Crippen molar-refractivity contribution >= 4 is 52.3 Å². The first kappa shape index (κ1) is 22.4. The smallest absolute Gasteiger partial charge is 0.355 e. The molecule has 0 aliphatic heterocycles. The van der Waals surface area contributed by atoms with E-state index in [2.05, 4.69) is 30.2 Å². The summed E-state index contributed by atoms with van der Waals surface area (Å²) in [4.78, 5) is 12.2. The summed E-state index contributed by atoms with van der Waals surface area (Å²) in [6.45, 7) is 3.40. The van der Waals surface area contributed by atoms with Crippen LogP contribution in [-0.4, -0.2) is 34.1 Å². The van der Waals surface area contributed by atoms with E-state index in [0.29, 0.717) is 24.1 Å². The van der Waals surface area contributed by atoms with E-state index in [1.165, 1.54) is 0 Å². The third-order valence-corrected chi connectivity index (χ3v) is 4.79. The molecule has 2 aromatic heterocycles. The lowest BCUT2D eigenvalue weighted by molar-refractivity contribution is -0.140.